The highest BCUT2D eigenvalue weighted by Crippen LogP contribution is 2.30. The van der Waals surface area contributed by atoms with Crippen LogP contribution in [0.15, 0.2) is 48.5 Å². The molecule has 0 bridgehead atoms. The summed E-state index contributed by atoms with van der Waals surface area (Å²) in [4.78, 5) is 26.7. The lowest BCUT2D eigenvalue weighted by Gasteiger charge is -2.46. The molecule has 0 unspecified atom stereocenters. The highest BCUT2D eigenvalue weighted by molar-refractivity contribution is 5.88. The molecule has 1 aliphatic carbocycles. The number of halogens is 1. The highest BCUT2D eigenvalue weighted by atomic mass is 19.1. The van der Waals surface area contributed by atoms with Crippen LogP contribution in [0.5, 0.6) is 0 Å². The van der Waals surface area contributed by atoms with Crippen LogP contribution in [0.2, 0.25) is 0 Å². The molecule has 2 aromatic carbocycles. The van der Waals surface area contributed by atoms with Crippen LogP contribution < -0.4 is 16.0 Å². The molecule has 38 heavy (non-hydrogen) atoms. The smallest absolute Gasteiger partial charge is 0.242 e. The molecule has 206 valence electrons. The first-order valence-electron chi connectivity index (χ1n) is 14.2. The average molecular weight is 522 g/mol. The van der Waals surface area contributed by atoms with Gasteiger partial charge in [-0.25, -0.2) is 4.39 Å². The molecule has 0 radical (unpaired) electrons. The van der Waals surface area contributed by atoms with Crippen LogP contribution in [0.3, 0.4) is 0 Å². The number of rotatable bonds is 8. The maximum atomic E-state index is 14.9. The lowest BCUT2D eigenvalue weighted by atomic mass is 9.79. The number of carbonyl (C=O) groups excluding carboxylic acids is 2. The molecule has 1 aliphatic heterocycles. The van der Waals surface area contributed by atoms with Crippen molar-refractivity contribution in [3.05, 3.63) is 59.9 Å². The van der Waals surface area contributed by atoms with E-state index in [-0.39, 0.29) is 41.2 Å². The second-order valence-corrected chi connectivity index (χ2v) is 12.7. The summed E-state index contributed by atoms with van der Waals surface area (Å²) in [5.41, 5.74) is 1.74. The fourth-order valence-electron chi connectivity index (χ4n) is 6.66. The van der Waals surface area contributed by atoms with Crippen molar-refractivity contribution in [3.8, 4) is 11.1 Å². The monoisotopic (exact) mass is 521 g/mol. The van der Waals surface area contributed by atoms with Crippen molar-refractivity contribution in [2.45, 2.75) is 109 Å². The summed E-state index contributed by atoms with van der Waals surface area (Å²) in [6, 6.07) is 13.8. The quantitative estimate of drug-likeness (QED) is 0.404. The standard InChI is InChI=1S/C32H44FN3O2/c1-31(2)20-25(21-32(3,4)36-31)34-30(38)28(18-22-11-7-5-8-12-22)35-29(37)19-23-15-16-26(27(33)17-23)24-13-9-6-10-14-24/h6,9-10,13-17,22,25,28,36H,5,7-8,11-12,18-21H2,1-4H3,(H,34,38)(H,35,37)/t28-/m0/s1. The molecule has 2 amide bonds. The number of nitrogens with one attached hydrogen (secondary N) is 3. The van der Waals surface area contributed by atoms with Crippen molar-refractivity contribution in [1.82, 2.24) is 16.0 Å². The predicted octanol–water partition coefficient (Wildman–Crippen LogP) is 5.92. The molecule has 1 heterocycles. The van der Waals surface area contributed by atoms with E-state index in [1.807, 2.05) is 30.3 Å². The van der Waals surface area contributed by atoms with E-state index in [2.05, 4.69) is 43.6 Å². The first-order valence-corrected chi connectivity index (χ1v) is 14.2. The zero-order chi connectivity index (χ0) is 27.3. The van der Waals surface area contributed by atoms with Crippen LogP contribution in [-0.2, 0) is 16.0 Å². The van der Waals surface area contributed by atoms with Gasteiger partial charge in [0.1, 0.15) is 11.9 Å². The Balaban J connectivity index is 1.43. The molecule has 2 aliphatic rings. The normalized spacial score (nSPS) is 20.4. The van der Waals surface area contributed by atoms with Gasteiger partial charge in [-0.15, -0.1) is 0 Å². The van der Waals surface area contributed by atoms with Gasteiger partial charge in [-0.05, 0) is 70.1 Å². The molecule has 1 atom stereocenters. The van der Waals surface area contributed by atoms with Crippen LogP contribution in [-0.4, -0.2) is 35.0 Å². The zero-order valence-electron chi connectivity index (χ0n) is 23.4. The van der Waals surface area contributed by atoms with Gasteiger partial charge in [-0.1, -0.05) is 74.6 Å². The fraction of sp³-hybridized carbons (Fsp3) is 0.562. The Kier molecular flexibility index (Phi) is 8.92. The summed E-state index contributed by atoms with van der Waals surface area (Å²) in [7, 11) is 0. The molecule has 2 aromatic rings. The Morgan fingerprint density at radius 2 is 1.63 bits per heavy atom. The largest absolute Gasteiger partial charge is 0.351 e. The van der Waals surface area contributed by atoms with Gasteiger partial charge in [0.25, 0.3) is 0 Å². The minimum Gasteiger partial charge on any atom is -0.351 e. The molecule has 0 aromatic heterocycles. The first-order chi connectivity index (χ1) is 18.0. The van der Waals surface area contributed by atoms with E-state index in [9.17, 15) is 14.0 Å². The van der Waals surface area contributed by atoms with Gasteiger partial charge in [-0.3, -0.25) is 9.59 Å². The Hall–Kier alpha value is -2.73. The number of hydrogen-bond donors (Lipinski definition) is 3. The van der Waals surface area contributed by atoms with Crippen LogP contribution >= 0.6 is 0 Å². The van der Waals surface area contributed by atoms with Gasteiger partial charge in [0.05, 0.1) is 6.42 Å². The number of amides is 2. The van der Waals surface area contributed by atoms with Crippen LogP contribution in [0.25, 0.3) is 11.1 Å². The Labute approximate surface area is 227 Å². The van der Waals surface area contributed by atoms with Gasteiger partial charge in [0.15, 0.2) is 0 Å². The van der Waals surface area contributed by atoms with E-state index in [1.54, 1.807) is 12.1 Å². The molecular formula is C32H44FN3O2. The van der Waals surface area contributed by atoms with E-state index in [0.717, 1.165) is 31.2 Å². The van der Waals surface area contributed by atoms with Gasteiger partial charge in [0.2, 0.25) is 11.8 Å². The van der Waals surface area contributed by atoms with Crippen molar-refractivity contribution in [2.24, 2.45) is 5.92 Å². The van der Waals surface area contributed by atoms with E-state index in [4.69, 9.17) is 0 Å². The number of carbonyl (C=O) groups is 2. The van der Waals surface area contributed by atoms with Crippen LogP contribution in [0.4, 0.5) is 4.39 Å². The van der Waals surface area contributed by atoms with Crippen molar-refractivity contribution in [1.29, 1.82) is 0 Å². The molecule has 1 saturated carbocycles. The Bertz CT molecular complexity index is 1090. The van der Waals surface area contributed by atoms with Crippen LogP contribution in [0, 0.1) is 11.7 Å². The van der Waals surface area contributed by atoms with Gasteiger partial charge >= 0.3 is 0 Å². The minimum atomic E-state index is -0.583. The second-order valence-electron chi connectivity index (χ2n) is 12.7. The topological polar surface area (TPSA) is 70.2 Å². The van der Waals surface area contributed by atoms with Gasteiger partial charge < -0.3 is 16.0 Å². The summed E-state index contributed by atoms with van der Waals surface area (Å²) < 4.78 is 14.9. The van der Waals surface area contributed by atoms with Gasteiger partial charge in [0, 0.05) is 22.7 Å². The van der Waals surface area contributed by atoms with Crippen molar-refractivity contribution >= 4 is 11.8 Å². The Morgan fingerprint density at radius 1 is 0.974 bits per heavy atom. The Morgan fingerprint density at radius 3 is 2.26 bits per heavy atom. The summed E-state index contributed by atoms with van der Waals surface area (Å²) in [5, 5.41) is 9.95. The third-order valence-corrected chi connectivity index (χ3v) is 7.97. The SMILES string of the molecule is CC1(C)CC(NC(=O)[C@H](CC2CCCCC2)NC(=O)Cc2ccc(-c3ccccc3)c(F)c2)CC(C)(C)N1. The van der Waals surface area contributed by atoms with E-state index in [1.165, 1.54) is 25.3 Å². The van der Waals surface area contributed by atoms with E-state index in [0.29, 0.717) is 23.5 Å². The molecule has 5 nitrogen and oxygen atoms in total. The summed E-state index contributed by atoms with van der Waals surface area (Å²) >= 11 is 0. The molecule has 2 fully saturated rings. The predicted molar refractivity (Wildman–Crippen MR) is 151 cm³/mol. The number of hydrogen-bond acceptors (Lipinski definition) is 3. The van der Waals surface area contributed by atoms with E-state index < -0.39 is 6.04 Å². The van der Waals surface area contributed by atoms with Crippen molar-refractivity contribution in [2.75, 3.05) is 0 Å². The zero-order valence-corrected chi connectivity index (χ0v) is 23.4. The number of benzene rings is 2. The highest BCUT2D eigenvalue weighted by Gasteiger charge is 2.39. The summed E-state index contributed by atoms with van der Waals surface area (Å²) in [5.74, 6) is -0.274. The number of piperidine rings is 1. The molecule has 0 spiro atoms. The molecule has 1 saturated heterocycles. The minimum absolute atomic E-state index is 0.0356. The summed E-state index contributed by atoms with van der Waals surface area (Å²) in [6.07, 6.45) is 8.14. The second kappa shape index (κ2) is 12.0. The lowest BCUT2D eigenvalue weighted by molar-refractivity contribution is -0.130. The third-order valence-electron chi connectivity index (χ3n) is 7.97. The molecule has 3 N–H and O–H groups in total. The third kappa shape index (κ3) is 7.89. The molecule has 6 heteroatoms. The molecular weight excluding hydrogens is 477 g/mol. The van der Waals surface area contributed by atoms with Crippen molar-refractivity contribution in [3.63, 3.8) is 0 Å². The average Bonchev–Trinajstić information content (AvgIpc) is 2.83. The first kappa shape index (κ1) is 28.3. The lowest BCUT2D eigenvalue weighted by Crippen LogP contribution is -2.63. The maximum absolute atomic E-state index is 14.9. The van der Waals surface area contributed by atoms with Crippen LogP contribution in [0.1, 0.15) is 84.6 Å². The van der Waals surface area contributed by atoms with E-state index >= 15 is 0 Å². The maximum Gasteiger partial charge on any atom is 0.242 e. The summed E-state index contributed by atoms with van der Waals surface area (Å²) in [6.45, 7) is 8.65. The van der Waals surface area contributed by atoms with Crippen molar-refractivity contribution < 1.29 is 14.0 Å². The van der Waals surface area contributed by atoms with Gasteiger partial charge in [-0.2, -0.15) is 0 Å². The fourth-order valence-corrected chi connectivity index (χ4v) is 6.66. The molecule has 4 rings (SSSR count).